The fraction of sp³-hybridized carbons (Fsp3) is 0.588. The topological polar surface area (TPSA) is 57.5 Å². The maximum Gasteiger partial charge on any atom is 0.314 e. The van der Waals surface area contributed by atoms with Crippen LogP contribution in [0.15, 0.2) is 24.3 Å². The van der Waals surface area contributed by atoms with Crippen molar-refractivity contribution in [1.82, 2.24) is 0 Å². The van der Waals surface area contributed by atoms with Crippen LogP contribution in [0, 0.1) is 0 Å². The number of carboxylic acids is 1. The van der Waals surface area contributed by atoms with Gasteiger partial charge in [0.05, 0.1) is 5.41 Å². The molecule has 0 aliphatic heterocycles. The Morgan fingerprint density at radius 2 is 1.65 bits per heavy atom. The molecule has 112 valence electrons. The Bertz CT molecular complexity index is 428. The van der Waals surface area contributed by atoms with E-state index in [4.69, 9.17) is 0 Å². The molecule has 0 aliphatic rings. The number of carboxylic acid groups (broad SMARTS) is 1. The van der Waals surface area contributed by atoms with Crippen LogP contribution in [0.5, 0.6) is 5.75 Å². The van der Waals surface area contributed by atoms with Gasteiger partial charge in [0.25, 0.3) is 0 Å². The number of aliphatic carboxylic acids is 1. The van der Waals surface area contributed by atoms with E-state index < -0.39 is 11.4 Å². The first-order chi connectivity index (χ1) is 9.58. The van der Waals surface area contributed by atoms with E-state index in [1.807, 2.05) is 0 Å². The zero-order valence-electron chi connectivity index (χ0n) is 12.6. The predicted molar refractivity (Wildman–Crippen MR) is 81.1 cm³/mol. The van der Waals surface area contributed by atoms with Crippen molar-refractivity contribution in [2.75, 3.05) is 0 Å². The maximum atomic E-state index is 12.0. The lowest BCUT2D eigenvalue weighted by molar-refractivity contribution is -0.144. The summed E-state index contributed by atoms with van der Waals surface area (Å²) in [6.07, 6.45) is 5.94. The van der Waals surface area contributed by atoms with E-state index in [9.17, 15) is 15.0 Å². The van der Waals surface area contributed by atoms with Gasteiger partial charge < -0.3 is 10.2 Å². The highest BCUT2D eigenvalue weighted by atomic mass is 16.4. The van der Waals surface area contributed by atoms with Crippen molar-refractivity contribution in [3.8, 4) is 5.75 Å². The molecule has 2 N–H and O–H groups in total. The van der Waals surface area contributed by atoms with Crippen LogP contribution in [-0.2, 0) is 10.2 Å². The van der Waals surface area contributed by atoms with E-state index in [1.54, 1.807) is 24.3 Å². The molecule has 0 spiro atoms. The lowest BCUT2D eigenvalue weighted by Gasteiger charge is -2.30. The third-order valence-electron chi connectivity index (χ3n) is 3.99. The number of phenols is 1. The van der Waals surface area contributed by atoms with Crippen molar-refractivity contribution in [3.05, 3.63) is 29.8 Å². The molecule has 0 aliphatic carbocycles. The summed E-state index contributed by atoms with van der Waals surface area (Å²) in [5.74, 6) is -0.717. The number of carbonyl (C=O) groups is 1. The number of para-hydroxylation sites is 1. The summed E-state index contributed by atoms with van der Waals surface area (Å²) in [6, 6.07) is 6.87. The van der Waals surface area contributed by atoms with Gasteiger partial charge in [-0.05, 0) is 18.9 Å². The Hall–Kier alpha value is -1.51. The number of aromatic hydroxyl groups is 1. The molecule has 20 heavy (non-hydrogen) atoms. The molecule has 1 unspecified atom stereocenters. The van der Waals surface area contributed by atoms with Crippen LogP contribution in [0.4, 0.5) is 0 Å². The summed E-state index contributed by atoms with van der Waals surface area (Å²) in [4.78, 5) is 12.0. The van der Waals surface area contributed by atoms with Crippen LogP contribution in [-0.4, -0.2) is 16.2 Å². The van der Waals surface area contributed by atoms with Gasteiger partial charge in [0, 0.05) is 5.56 Å². The third kappa shape index (κ3) is 3.75. The Balaban J connectivity index is 3.14. The molecule has 3 heteroatoms. The molecule has 0 saturated carbocycles. The van der Waals surface area contributed by atoms with Crippen LogP contribution < -0.4 is 0 Å². The second-order valence-corrected chi connectivity index (χ2v) is 5.47. The maximum absolute atomic E-state index is 12.0. The fourth-order valence-corrected chi connectivity index (χ4v) is 2.76. The Labute approximate surface area is 121 Å². The molecule has 0 radical (unpaired) electrons. The first-order valence-electron chi connectivity index (χ1n) is 7.60. The molecule has 0 bridgehead atoms. The predicted octanol–water partition coefficient (Wildman–Crippen LogP) is 4.49. The monoisotopic (exact) mass is 278 g/mol. The molecule has 0 amide bonds. The molecule has 1 rings (SSSR count). The van der Waals surface area contributed by atoms with E-state index in [0.29, 0.717) is 18.4 Å². The highest BCUT2D eigenvalue weighted by Gasteiger charge is 2.40. The van der Waals surface area contributed by atoms with Gasteiger partial charge in [-0.2, -0.15) is 0 Å². The zero-order valence-corrected chi connectivity index (χ0v) is 12.6. The first-order valence-corrected chi connectivity index (χ1v) is 7.60. The van der Waals surface area contributed by atoms with Crippen molar-refractivity contribution in [2.45, 2.75) is 64.2 Å². The van der Waals surface area contributed by atoms with Gasteiger partial charge in [0.1, 0.15) is 5.75 Å². The summed E-state index contributed by atoms with van der Waals surface area (Å²) >= 11 is 0. The average molecular weight is 278 g/mol. The van der Waals surface area contributed by atoms with E-state index in [-0.39, 0.29) is 5.75 Å². The van der Waals surface area contributed by atoms with Crippen molar-refractivity contribution < 1.29 is 15.0 Å². The highest BCUT2D eigenvalue weighted by Crippen LogP contribution is 2.40. The second-order valence-electron chi connectivity index (χ2n) is 5.47. The van der Waals surface area contributed by atoms with Crippen LogP contribution in [0.2, 0.25) is 0 Å². The SMILES string of the molecule is CCCCCC(CCCC)(C(=O)O)c1ccccc1O. The number of hydrogen-bond donors (Lipinski definition) is 2. The molecular weight excluding hydrogens is 252 g/mol. The fourth-order valence-electron chi connectivity index (χ4n) is 2.76. The summed E-state index contributed by atoms with van der Waals surface area (Å²) in [5, 5.41) is 19.9. The number of unbranched alkanes of at least 4 members (excludes halogenated alkanes) is 3. The molecule has 0 aromatic heterocycles. The molecule has 1 aromatic carbocycles. The number of hydrogen-bond acceptors (Lipinski definition) is 2. The highest BCUT2D eigenvalue weighted by molar-refractivity contribution is 5.82. The van der Waals surface area contributed by atoms with Gasteiger partial charge >= 0.3 is 5.97 Å². The first kappa shape index (κ1) is 16.5. The Morgan fingerprint density at radius 3 is 2.20 bits per heavy atom. The lowest BCUT2D eigenvalue weighted by Crippen LogP contribution is -2.36. The number of phenolic OH excluding ortho intramolecular Hbond substituents is 1. The van der Waals surface area contributed by atoms with Gasteiger partial charge in [0.2, 0.25) is 0 Å². The summed E-state index contributed by atoms with van der Waals surface area (Å²) in [7, 11) is 0. The Kier molecular flexibility index (Phi) is 6.56. The summed E-state index contributed by atoms with van der Waals surface area (Å²) < 4.78 is 0. The van der Waals surface area contributed by atoms with E-state index >= 15 is 0 Å². The molecular formula is C17H26O3. The minimum atomic E-state index is -0.948. The van der Waals surface area contributed by atoms with Gasteiger partial charge in [0.15, 0.2) is 0 Å². The van der Waals surface area contributed by atoms with Crippen molar-refractivity contribution >= 4 is 5.97 Å². The van der Waals surface area contributed by atoms with E-state index in [2.05, 4.69) is 13.8 Å². The third-order valence-corrected chi connectivity index (χ3v) is 3.99. The minimum Gasteiger partial charge on any atom is -0.508 e. The van der Waals surface area contributed by atoms with Crippen LogP contribution in [0.3, 0.4) is 0 Å². The molecule has 0 heterocycles. The molecule has 1 atom stereocenters. The molecule has 3 nitrogen and oxygen atoms in total. The van der Waals surface area contributed by atoms with Gasteiger partial charge in [-0.25, -0.2) is 0 Å². The zero-order chi connectivity index (χ0) is 15.0. The van der Waals surface area contributed by atoms with Gasteiger partial charge in [-0.15, -0.1) is 0 Å². The molecule has 0 fully saturated rings. The van der Waals surface area contributed by atoms with Crippen LogP contribution in [0.25, 0.3) is 0 Å². The van der Waals surface area contributed by atoms with Crippen molar-refractivity contribution in [1.29, 1.82) is 0 Å². The number of benzene rings is 1. The van der Waals surface area contributed by atoms with Crippen LogP contribution in [0.1, 0.15) is 64.4 Å². The van der Waals surface area contributed by atoms with E-state index in [0.717, 1.165) is 32.1 Å². The van der Waals surface area contributed by atoms with Gasteiger partial charge in [-0.1, -0.05) is 64.2 Å². The summed E-state index contributed by atoms with van der Waals surface area (Å²) in [5.41, 5.74) is -0.381. The molecule has 1 aromatic rings. The standard InChI is InChI=1S/C17H26O3/c1-3-5-9-13-17(16(19)20,12-6-4-2)14-10-7-8-11-15(14)18/h7-8,10-11,18H,3-6,9,12-13H2,1-2H3,(H,19,20). The number of rotatable bonds is 9. The van der Waals surface area contributed by atoms with Crippen molar-refractivity contribution in [3.63, 3.8) is 0 Å². The lowest BCUT2D eigenvalue weighted by atomic mass is 9.72. The summed E-state index contributed by atoms with van der Waals surface area (Å²) in [6.45, 7) is 4.16. The average Bonchev–Trinajstić information content (AvgIpc) is 2.43. The largest absolute Gasteiger partial charge is 0.508 e. The smallest absolute Gasteiger partial charge is 0.314 e. The quantitative estimate of drug-likeness (QED) is 0.654. The van der Waals surface area contributed by atoms with E-state index in [1.165, 1.54) is 0 Å². The van der Waals surface area contributed by atoms with Crippen molar-refractivity contribution in [2.24, 2.45) is 0 Å². The van der Waals surface area contributed by atoms with Crippen LogP contribution >= 0.6 is 0 Å². The van der Waals surface area contributed by atoms with Gasteiger partial charge in [-0.3, -0.25) is 4.79 Å². The molecule has 0 saturated heterocycles. The minimum absolute atomic E-state index is 0.0995. The second kappa shape index (κ2) is 7.93. The normalized spacial score (nSPS) is 13.9. The Morgan fingerprint density at radius 1 is 1.05 bits per heavy atom.